The molecule has 1 aromatic heterocycles. The van der Waals surface area contributed by atoms with Crippen molar-refractivity contribution in [3.63, 3.8) is 0 Å². The number of rotatable bonds is 4. The SMILES string of the molecule is Cc1ccc(Cn2cc(C3(B4OC(C)(C)C(C)(C)O4)CC3)nn2)cc1. The van der Waals surface area contributed by atoms with Gasteiger partial charge in [-0.2, -0.15) is 0 Å². The normalized spacial score (nSPS) is 23.0. The molecule has 2 aliphatic rings. The number of benzene rings is 1. The van der Waals surface area contributed by atoms with E-state index < -0.39 is 0 Å². The predicted molar refractivity (Wildman–Crippen MR) is 97.3 cm³/mol. The number of hydrogen-bond acceptors (Lipinski definition) is 4. The Morgan fingerprint density at radius 2 is 1.64 bits per heavy atom. The van der Waals surface area contributed by atoms with E-state index in [1.807, 2.05) is 4.68 Å². The smallest absolute Gasteiger partial charge is 0.403 e. The lowest BCUT2D eigenvalue weighted by molar-refractivity contribution is 0.00578. The molecule has 0 spiro atoms. The van der Waals surface area contributed by atoms with Gasteiger partial charge in [0.1, 0.15) is 0 Å². The maximum absolute atomic E-state index is 6.29. The van der Waals surface area contributed by atoms with Crippen LogP contribution in [0, 0.1) is 6.92 Å². The van der Waals surface area contributed by atoms with Crippen LogP contribution >= 0.6 is 0 Å². The van der Waals surface area contributed by atoms with E-state index in [9.17, 15) is 0 Å². The summed E-state index contributed by atoms with van der Waals surface area (Å²) in [5, 5.41) is 8.65. The van der Waals surface area contributed by atoms with Crippen molar-refractivity contribution in [3.8, 4) is 0 Å². The molecule has 6 heteroatoms. The molecule has 25 heavy (non-hydrogen) atoms. The molecule has 2 fully saturated rings. The van der Waals surface area contributed by atoms with Crippen LogP contribution in [0.25, 0.3) is 0 Å². The van der Waals surface area contributed by atoms with Crippen LogP contribution in [0.3, 0.4) is 0 Å². The monoisotopic (exact) mass is 339 g/mol. The van der Waals surface area contributed by atoms with E-state index in [4.69, 9.17) is 9.31 Å². The Morgan fingerprint density at radius 1 is 1.04 bits per heavy atom. The number of aryl methyl sites for hydroxylation is 1. The molecule has 1 saturated carbocycles. The molecule has 0 unspecified atom stereocenters. The zero-order valence-electron chi connectivity index (χ0n) is 15.7. The molecule has 4 rings (SSSR count). The summed E-state index contributed by atoms with van der Waals surface area (Å²) in [7, 11) is -0.248. The molecule has 2 heterocycles. The molecule has 1 aliphatic carbocycles. The molecule has 0 amide bonds. The lowest BCUT2D eigenvalue weighted by atomic mass is 9.66. The van der Waals surface area contributed by atoms with Crippen LogP contribution in [0.4, 0.5) is 0 Å². The zero-order chi connectivity index (χ0) is 17.9. The van der Waals surface area contributed by atoms with Crippen molar-refractivity contribution in [2.75, 3.05) is 0 Å². The van der Waals surface area contributed by atoms with Gasteiger partial charge in [-0.3, -0.25) is 0 Å². The summed E-state index contributed by atoms with van der Waals surface area (Å²) in [5.41, 5.74) is 2.84. The van der Waals surface area contributed by atoms with Gasteiger partial charge in [-0.05, 0) is 53.0 Å². The maximum Gasteiger partial charge on any atom is 0.470 e. The van der Waals surface area contributed by atoms with E-state index in [1.165, 1.54) is 11.1 Å². The first kappa shape index (κ1) is 16.8. The predicted octanol–water partition coefficient (Wildman–Crippen LogP) is 3.30. The minimum absolute atomic E-state index is 0.142. The summed E-state index contributed by atoms with van der Waals surface area (Å²) in [6.45, 7) is 11.2. The fraction of sp³-hybridized carbons (Fsp3) is 0.579. The minimum Gasteiger partial charge on any atom is -0.403 e. The van der Waals surface area contributed by atoms with Crippen molar-refractivity contribution in [3.05, 3.63) is 47.3 Å². The molecule has 0 bridgehead atoms. The van der Waals surface area contributed by atoms with Gasteiger partial charge >= 0.3 is 7.12 Å². The summed E-state index contributed by atoms with van der Waals surface area (Å²) in [4.78, 5) is 0. The van der Waals surface area contributed by atoms with Gasteiger partial charge < -0.3 is 9.31 Å². The van der Waals surface area contributed by atoms with Gasteiger partial charge in [0.05, 0.1) is 28.8 Å². The molecule has 0 radical (unpaired) electrons. The van der Waals surface area contributed by atoms with E-state index >= 15 is 0 Å². The molecule has 132 valence electrons. The van der Waals surface area contributed by atoms with E-state index in [0.717, 1.165) is 25.1 Å². The van der Waals surface area contributed by atoms with Crippen molar-refractivity contribution in [1.82, 2.24) is 15.0 Å². The third-order valence-electron chi connectivity index (χ3n) is 6.01. The summed E-state index contributed by atoms with van der Waals surface area (Å²) in [6, 6.07) is 8.52. The molecule has 2 aromatic rings. The maximum atomic E-state index is 6.29. The first-order valence-electron chi connectivity index (χ1n) is 9.04. The quantitative estimate of drug-likeness (QED) is 0.802. The largest absolute Gasteiger partial charge is 0.470 e. The Kier molecular flexibility index (Phi) is 3.64. The molecule has 1 aliphatic heterocycles. The van der Waals surface area contributed by atoms with Gasteiger partial charge in [-0.15, -0.1) is 5.10 Å². The average molecular weight is 339 g/mol. The van der Waals surface area contributed by atoms with Gasteiger partial charge in [0.25, 0.3) is 0 Å². The number of aromatic nitrogens is 3. The van der Waals surface area contributed by atoms with E-state index in [1.54, 1.807) is 0 Å². The Hall–Kier alpha value is -1.66. The second kappa shape index (κ2) is 5.42. The Labute approximate surface area is 149 Å². The summed E-state index contributed by atoms with van der Waals surface area (Å²) in [5.74, 6) is 0. The topological polar surface area (TPSA) is 49.2 Å². The standard InChI is InChI=1S/C19H26BN3O2/c1-14-6-8-15(9-7-14)12-23-13-16(21-22-23)19(10-11-19)20-24-17(2,3)18(4,5)25-20/h6-9,13H,10-12H2,1-5H3. The highest BCUT2D eigenvalue weighted by atomic mass is 16.7. The van der Waals surface area contributed by atoms with Crippen molar-refractivity contribution >= 4 is 7.12 Å². The van der Waals surface area contributed by atoms with Crippen LogP contribution in [0.2, 0.25) is 0 Å². The fourth-order valence-corrected chi connectivity index (χ4v) is 3.30. The first-order chi connectivity index (χ1) is 11.7. The first-order valence-corrected chi connectivity index (χ1v) is 9.04. The summed E-state index contributed by atoms with van der Waals surface area (Å²) < 4.78 is 14.5. The minimum atomic E-state index is -0.314. The van der Waals surface area contributed by atoms with Gasteiger partial charge in [0.2, 0.25) is 0 Å². The van der Waals surface area contributed by atoms with Gasteiger partial charge in [-0.1, -0.05) is 35.0 Å². The molecule has 1 saturated heterocycles. The highest BCUT2D eigenvalue weighted by molar-refractivity contribution is 6.51. The molecular weight excluding hydrogens is 313 g/mol. The van der Waals surface area contributed by atoms with Gasteiger partial charge in [0, 0.05) is 6.20 Å². The number of nitrogens with zero attached hydrogens (tertiary/aromatic N) is 3. The van der Waals surface area contributed by atoms with Crippen LogP contribution in [-0.4, -0.2) is 33.3 Å². The molecule has 0 atom stereocenters. The molecule has 0 N–H and O–H groups in total. The van der Waals surface area contributed by atoms with Gasteiger partial charge in [0.15, 0.2) is 0 Å². The molecule has 5 nitrogen and oxygen atoms in total. The van der Waals surface area contributed by atoms with E-state index in [2.05, 4.69) is 75.4 Å². The van der Waals surface area contributed by atoms with E-state index in [-0.39, 0.29) is 23.6 Å². The zero-order valence-corrected chi connectivity index (χ0v) is 15.7. The molecule has 1 aromatic carbocycles. The average Bonchev–Trinajstić information content (AvgIpc) is 3.15. The van der Waals surface area contributed by atoms with Crippen molar-refractivity contribution in [1.29, 1.82) is 0 Å². The Balaban J connectivity index is 1.53. The Morgan fingerprint density at radius 3 is 2.20 bits per heavy atom. The fourth-order valence-electron chi connectivity index (χ4n) is 3.30. The molecular formula is C19H26BN3O2. The third kappa shape index (κ3) is 2.81. The van der Waals surface area contributed by atoms with Crippen molar-refractivity contribution in [2.45, 2.75) is 70.5 Å². The highest BCUT2D eigenvalue weighted by Crippen LogP contribution is 2.54. The van der Waals surface area contributed by atoms with Gasteiger partial charge in [-0.25, -0.2) is 4.68 Å². The lowest BCUT2D eigenvalue weighted by Crippen LogP contribution is -2.41. The van der Waals surface area contributed by atoms with E-state index in [0.29, 0.717) is 0 Å². The van der Waals surface area contributed by atoms with Crippen LogP contribution < -0.4 is 0 Å². The van der Waals surface area contributed by atoms with Crippen molar-refractivity contribution < 1.29 is 9.31 Å². The van der Waals surface area contributed by atoms with Crippen molar-refractivity contribution in [2.24, 2.45) is 0 Å². The van der Waals surface area contributed by atoms with Crippen LogP contribution in [0.5, 0.6) is 0 Å². The summed E-state index contributed by atoms with van der Waals surface area (Å²) in [6.07, 6.45) is 4.12. The summed E-state index contributed by atoms with van der Waals surface area (Å²) >= 11 is 0. The second-order valence-corrected chi connectivity index (χ2v) is 8.53. The second-order valence-electron chi connectivity index (χ2n) is 8.53. The third-order valence-corrected chi connectivity index (χ3v) is 6.01. The van der Waals surface area contributed by atoms with Crippen LogP contribution in [0.15, 0.2) is 30.5 Å². The lowest BCUT2D eigenvalue weighted by Gasteiger charge is -2.32. The Bertz CT molecular complexity index is 762. The van der Waals surface area contributed by atoms with Crippen LogP contribution in [0.1, 0.15) is 57.4 Å². The van der Waals surface area contributed by atoms with Crippen LogP contribution in [-0.2, 0) is 21.2 Å². The number of hydrogen-bond donors (Lipinski definition) is 0. The highest BCUT2D eigenvalue weighted by Gasteiger charge is 2.66.